The number of thioether (sulfide) groups is 1. The predicted molar refractivity (Wildman–Crippen MR) is 87.7 cm³/mol. The Kier molecular flexibility index (Phi) is 6.01. The minimum Gasteiger partial charge on any atom is -0.342 e. The summed E-state index contributed by atoms with van der Waals surface area (Å²) in [5.41, 5.74) is 0.0713. The molecule has 1 fully saturated rings. The van der Waals surface area contributed by atoms with E-state index < -0.39 is 0 Å². The van der Waals surface area contributed by atoms with E-state index in [-0.39, 0.29) is 29.0 Å². The Labute approximate surface area is 131 Å². The number of thiocarbonyl (C=S) groups is 1. The average molecular weight is 316 g/mol. The summed E-state index contributed by atoms with van der Waals surface area (Å²) in [4.78, 5) is 27.7. The van der Waals surface area contributed by atoms with Crippen molar-refractivity contribution in [1.82, 2.24) is 9.80 Å². The first-order valence-corrected chi connectivity index (χ1v) is 8.28. The molecule has 0 aromatic carbocycles. The fourth-order valence-corrected chi connectivity index (χ4v) is 3.98. The summed E-state index contributed by atoms with van der Waals surface area (Å²) in [6.07, 6.45) is 0.770. The molecule has 4 nitrogen and oxygen atoms in total. The van der Waals surface area contributed by atoms with Gasteiger partial charge in [-0.05, 0) is 25.7 Å². The van der Waals surface area contributed by atoms with Crippen LogP contribution in [0.25, 0.3) is 0 Å². The lowest BCUT2D eigenvalue weighted by Gasteiger charge is -2.23. The van der Waals surface area contributed by atoms with Gasteiger partial charge < -0.3 is 4.90 Å². The van der Waals surface area contributed by atoms with E-state index in [0.717, 1.165) is 6.42 Å². The number of hydrogen-bond donors (Lipinski definition) is 0. The summed E-state index contributed by atoms with van der Waals surface area (Å²) in [5.74, 6) is -0.0573. The van der Waals surface area contributed by atoms with E-state index in [2.05, 4.69) is 20.8 Å². The van der Waals surface area contributed by atoms with E-state index in [1.807, 2.05) is 13.8 Å². The van der Waals surface area contributed by atoms with Crippen LogP contribution in [-0.2, 0) is 9.59 Å². The van der Waals surface area contributed by atoms with Gasteiger partial charge in [-0.25, -0.2) is 0 Å². The van der Waals surface area contributed by atoms with E-state index in [4.69, 9.17) is 12.2 Å². The van der Waals surface area contributed by atoms with Gasteiger partial charge in [0.25, 0.3) is 0 Å². The number of rotatable bonds is 5. The molecule has 0 aliphatic carbocycles. The van der Waals surface area contributed by atoms with E-state index >= 15 is 0 Å². The molecule has 1 heterocycles. The predicted octanol–water partition coefficient (Wildman–Crippen LogP) is 2.52. The topological polar surface area (TPSA) is 40.6 Å². The summed E-state index contributed by atoms with van der Waals surface area (Å²) >= 11 is 6.67. The van der Waals surface area contributed by atoms with Gasteiger partial charge in [0, 0.05) is 13.1 Å². The number of hydrogen-bond acceptors (Lipinski definition) is 4. The zero-order chi connectivity index (χ0) is 15.5. The van der Waals surface area contributed by atoms with Crippen molar-refractivity contribution in [2.24, 2.45) is 5.41 Å². The molecule has 2 amide bonds. The maximum atomic E-state index is 12.4. The number of carbonyl (C=O) groups excluding carboxylic acids is 2. The van der Waals surface area contributed by atoms with E-state index in [9.17, 15) is 9.59 Å². The molecule has 20 heavy (non-hydrogen) atoms. The highest BCUT2D eigenvalue weighted by Crippen LogP contribution is 2.35. The quantitative estimate of drug-likeness (QED) is 0.731. The molecular formula is C14H24N2O2S2. The van der Waals surface area contributed by atoms with Crippen LogP contribution >= 0.6 is 24.0 Å². The van der Waals surface area contributed by atoms with Gasteiger partial charge in [0.1, 0.15) is 10.9 Å². The fraction of sp³-hybridized carbons (Fsp3) is 0.786. The van der Waals surface area contributed by atoms with E-state index in [1.54, 1.807) is 4.90 Å². The van der Waals surface area contributed by atoms with Gasteiger partial charge in [0.15, 0.2) is 0 Å². The van der Waals surface area contributed by atoms with Gasteiger partial charge in [-0.3, -0.25) is 14.5 Å². The monoisotopic (exact) mass is 316 g/mol. The molecule has 0 saturated carbocycles. The molecule has 0 spiro atoms. The van der Waals surface area contributed by atoms with Crippen LogP contribution in [-0.4, -0.2) is 50.8 Å². The van der Waals surface area contributed by atoms with Crippen molar-refractivity contribution < 1.29 is 9.59 Å². The lowest BCUT2D eigenvalue weighted by Crippen LogP contribution is -2.43. The molecule has 1 aliphatic heterocycles. The summed E-state index contributed by atoms with van der Waals surface area (Å²) in [7, 11) is 0. The van der Waals surface area contributed by atoms with Crippen LogP contribution in [0.3, 0.4) is 0 Å². The molecule has 0 radical (unpaired) electrons. The maximum Gasteiger partial charge on any atom is 0.242 e. The van der Waals surface area contributed by atoms with Gasteiger partial charge in [-0.1, -0.05) is 44.8 Å². The van der Waals surface area contributed by atoms with Crippen LogP contribution in [0.1, 0.15) is 41.0 Å². The van der Waals surface area contributed by atoms with Crippen LogP contribution in [0.5, 0.6) is 0 Å². The maximum absolute atomic E-state index is 12.4. The molecule has 114 valence electrons. The summed E-state index contributed by atoms with van der Waals surface area (Å²) in [6.45, 7) is 11.6. The highest BCUT2D eigenvalue weighted by atomic mass is 32.2. The molecule has 0 bridgehead atoms. The number of nitrogens with zero attached hydrogens (tertiary/aromatic N) is 2. The van der Waals surface area contributed by atoms with Crippen molar-refractivity contribution >= 4 is 40.1 Å². The Hall–Kier alpha value is -0.620. The number of amides is 2. The molecule has 6 heteroatoms. The largest absolute Gasteiger partial charge is 0.342 e. The minimum atomic E-state index is -0.146. The third-order valence-electron chi connectivity index (χ3n) is 3.21. The van der Waals surface area contributed by atoms with Crippen molar-refractivity contribution in [3.05, 3.63) is 0 Å². The zero-order valence-electron chi connectivity index (χ0n) is 12.9. The second kappa shape index (κ2) is 6.89. The lowest BCUT2D eigenvalue weighted by molar-refractivity contribution is -0.136. The Morgan fingerprint density at radius 1 is 1.35 bits per heavy atom. The third-order valence-corrected chi connectivity index (χ3v) is 4.80. The van der Waals surface area contributed by atoms with Crippen molar-refractivity contribution in [2.45, 2.75) is 46.3 Å². The normalized spacial score (nSPS) is 19.6. The summed E-state index contributed by atoms with van der Waals surface area (Å²) in [6, 6.07) is 0. The Bertz CT molecular complexity index is 400. The molecular weight excluding hydrogens is 292 g/mol. The SMILES string of the molecule is CCN(CC)C(=O)CN1C(=O)C(CC(C)(C)C)SC1=S. The van der Waals surface area contributed by atoms with Crippen LogP contribution in [0, 0.1) is 5.41 Å². The Morgan fingerprint density at radius 3 is 2.35 bits per heavy atom. The van der Waals surface area contributed by atoms with Crippen molar-refractivity contribution in [3.63, 3.8) is 0 Å². The standard InChI is InChI=1S/C14H24N2O2S2/c1-6-15(7-2)11(17)9-16-12(18)10(20-13(16)19)8-14(3,4)5/h10H,6-9H2,1-5H3. The fourth-order valence-electron chi connectivity index (χ4n) is 2.14. The molecule has 1 rings (SSSR count). The minimum absolute atomic E-state index is 0.0181. The van der Waals surface area contributed by atoms with Crippen molar-refractivity contribution in [3.8, 4) is 0 Å². The highest BCUT2D eigenvalue weighted by Gasteiger charge is 2.39. The Balaban J connectivity index is 2.70. The summed E-state index contributed by atoms with van der Waals surface area (Å²) < 4.78 is 0.532. The van der Waals surface area contributed by atoms with Gasteiger partial charge in [0.05, 0.1) is 5.25 Å². The molecule has 0 aromatic heterocycles. The lowest BCUT2D eigenvalue weighted by atomic mass is 9.90. The number of carbonyl (C=O) groups is 2. The zero-order valence-corrected chi connectivity index (χ0v) is 14.6. The first-order valence-electron chi connectivity index (χ1n) is 6.99. The molecule has 1 unspecified atom stereocenters. The smallest absolute Gasteiger partial charge is 0.242 e. The third kappa shape index (κ3) is 4.45. The van der Waals surface area contributed by atoms with Crippen LogP contribution in [0.15, 0.2) is 0 Å². The van der Waals surface area contributed by atoms with Crippen molar-refractivity contribution in [1.29, 1.82) is 0 Å². The first-order chi connectivity index (χ1) is 9.19. The molecule has 0 aromatic rings. The molecule has 1 aliphatic rings. The average Bonchev–Trinajstić information content (AvgIpc) is 2.56. The van der Waals surface area contributed by atoms with E-state index in [1.165, 1.54) is 16.7 Å². The van der Waals surface area contributed by atoms with Gasteiger partial charge in [-0.15, -0.1) is 0 Å². The first kappa shape index (κ1) is 17.4. The van der Waals surface area contributed by atoms with Crippen molar-refractivity contribution in [2.75, 3.05) is 19.6 Å². The van der Waals surface area contributed by atoms with Gasteiger partial charge in [-0.2, -0.15) is 0 Å². The second-order valence-corrected chi connectivity index (χ2v) is 7.96. The van der Waals surface area contributed by atoms with Crippen LogP contribution in [0.2, 0.25) is 0 Å². The van der Waals surface area contributed by atoms with Gasteiger partial charge >= 0.3 is 0 Å². The van der Waals surface area contributed by atoms with E-state index in [0.29, 0.717) is 17.4 Å². The van der Waals surface area contributed by atoms with Gasteiger partial charge in [0.2, 0.25) is 11.8 Å². The molecule has 1 saturated heterocycles. The Morgan fingerprint density at radius 2 is 1.90 bits per heavy atom. The number of likely N-dealkylation sites (N-methyl/N-ethyl adjacent to an activating group) is 1. The highest BCUT2D eigenvalue weighted by molar-refractivity contribution is 8.24. The second-order valence-electron chi connectivity index (χ2n) is 6.13. The molecule has 0 N–H and O–H groups in total. The van der Waals surface area contributed by atoms with Crippen LogP contribution < -0.4 is 0 Å². The summed E-state index contributed by atoms with van der Waals surface area (Å²) in [5, 5.41) is -0.146. The van der Waals surface area contributed by atoms with Crippen LogP contribution in [0.4, 0.5) is 0 Å². The molecule has 1 atom stereocenters.